The molecule has 42 heavy (non-hydrogen) atoms. The molecule has 2 aliphatic rings. The molecule has 0 radical (unpaired) electrons. The molecular formula is C31H37Cl2N7O2. The molecule has 2 amide bonds. The molecule has 5 rings (SSSR count). The number of aromatic amines is 1. The number of benzene rings is 2. The second-order valence-corrected chi connectivity index (χ2v) is 13.2. The third kappa shape index (κ3) is 6.22. The van der Waals surface area contributed by atoms with E-state index in [1.165, 1.54) is 0 Å². The highest BCUT2D eigenvalue weighted by molar-refractivity contribution is 6.47. The predicted octanol–water partition coefficient (Wildman–Crippen LogP) is 6.54. The van der Waals surface area contributed by atoms with E-state index in [1.54, 1.807) is 30.3 Å². The van der Waals surface area contributed by atoms with Crippen molar-refractivity contribution in [1.29, 1.82) is 0 Å². The minimum Gasteiger partial charge on any atom is -0.345 e. The SMILES string of the molecule is CCCC(c1ccc(C(=O)NCc2nn[nH]n2)cc1)N1C(=O)C(c2cc(Cl)cc(Cl)c2)=NC12CCC(C(C)(C)C)CC2. The molecule has 1 atom stereocenters. The maximum absolute atomic E-state index is 14.4. The van der Waals surface area contributed by atoms with Crippen molar-refractivity contribution in [2.24, 2.45) is 16.3 Å². The summed E-state index contributed by atoms with van der Waals surface area (Å²) in [6.45, 7) is 9.15. The second-order valence-electron chi connectivity index (χ2n) is 12.4. The van der Waals surface area contributed by atoms with Gasteiger partial charge in [0, 0.05) is 21.2 Å². The molecule has 2 N–H and O–H groups in total. The highest BCUT2D eigenvalue weighted by Crippen LogP contribution is 2.50. The fraction of sp³-hybridized carbons (Fsp3) is 0.484. The number of carbonyl (C=O) groups is 2. The monoisotopic (exact) mass is 609 g/mol. The summed E-state index contributed by atoms with van der Waals surface area (Å²) in [5.41, 5.74) is 2.07. The van der Waals surface area contributed by atoms with Crippen LogP contribution < -0.4 is 5.32 Å². The van der Waals surface area contributed by atoms with Gasteiger partial charge in [-0.3, -0.25) is 14.6 Å². The minimum absolute atomic E-state index is 0.108. The number of nitrogens with one attached hydrogen (secondary N) is 2. The first kappa shape index (κ1) is 30.2. The average molecular weight is 611 g/mol. The van der Waals surface area contributed by atoms with Gasteiger partial charge >= 0.3 is 0 Å². The summed E-state index contributed by atoms with van der Waals surface area (Å²) < 4.78 is 0. The maximum atomic E-state index is 14.4. The Morgan fingerprint density at radius 3 is 2.36 bits per heavy atom. The molecule has 1 aliphatic carbocycles. The Morgan fingerprint density at radius 2 is 1.79 bits per heavy atom. The van der Waals surface area contributed by atoms with E-state index in [-0.39, 0.29) is 29.8 Å². The van der Waals surface area contributed by atoms with E-state index in [2.05, 4.69) is 53.6 Å². The van der Waals surface area contributed by atoms with Crippen molar-refractivity contribution >= 4 is 40.7 Å². The number of nitrogens with zero attached hydrogens (tertiary/aromatic N) is 5. The fourth-order valence-electron chi connectivity index (χ4n) is 6.32. The Morgan fingerprint density at radius 1 is 1.12 bits per heavy atom. The molecule has 222 valence electrons. The zero-order chi connectivity index (χ0) is 30.1. The molecule has 0 bridgehead atoms. The summed E-state index contributed by atoms with van der Waals surface area (Å²) in [6.07, 6.45) is 5.18. The van der Waals surface area contributed by atoms with Gasteiger partial charge in [-0.25, -0.2) is 0 Å². The van der Waals surface area contributed by atoms with Crippen molar-refractivity contribution < 1.29 is 9.59 Å². The number of carbonyl (C=O) groups excluding carboxylic acids is 2. The lowest BCUT2D eigenvalue weighted by atomic mass is 9.69. The highest BCUT2D eigenvalue weighted by atomic mass is 35.5. The topological polar surface area (TPSA) is 116 Å². The number of tetrazole rings is 1. The summed E-state index contributed by atoms with van der Waals surface area (Å²) >= 11 is 12.7. The zero-order valence-corrected chi connectivity index (χ0v) is 26.0. The maximum Gasteiger partial charge on any atom is 0.275 e. The quantitative estimate of drug-likeness (QED) is 0.301. The molecule has 11 heteroatoms. The lowest BCUT2D eigenvalue weighted by Gasteiger charge is -2.47. The lowest BCUT2D eigenvalue weighted by molar-refractivity contribution is -0.133. The van der Waals surface area contributed by atoms with Crippen LogP contribution in [-0.2, 0) is 11.3 Å². The Bertz CT molecular complexity index is 1440. The Balaban J connectivity index is 1.47. The molecule has 1 unspecified atom stereocenters. The number of amides is 2. The number of hydrogen-bond acceptors (Lipinski definition) is 6. The molecule has 1 aromatic heterocycles. The van der Waals surface area contributed by atoms with Gasteiger partial charge in [0.25, 0.3) is 11.8 Å². The van der Waals surface area contributed by atoms with E-state index in [4.69, 9.17) is 28.2 Å². The normalized spacial score (nSPS) is 21.5. The Labute approximate surface area is 256 Å². The summed E-state index contributed by atoms with van der Waals surface area (Å²) in [5.74, 6) is 0.604. The van der Waals surface area contributed by atoms with E-state index < -0.39 is 5.66 Å². The molecule has 2 aromatic carbocycles. The van der Waals surface area contributed by atoms with Gasteiger partial charge in [-0.05, 0) is 79.3 Å². The molecule has 1 saturated carbocycles. The summed E-state index contributed by atoms with van der Waals surface area (Å²) in [6, 6.07) is 12.5. The summed E-state index contributed by atoms with van der Waals surface area (Å²) in [7, 11) is 0. The first-order chi connectivity index (χ1) is 20.0. The zero-order valence-electron chi connectivity index (χ0n) is 24.5. The fourth-order valence-corrected chi connectivity index (χ4v) is 6.84. The van der Waals surface area contributed by atoms with Gasteiger partial charge in [-0.1, -0.05) is 74.7 Å². The van der Waals surface area contributed by atoms with Gasteiger partial charge in [0.2, 0.25) is 0 Å². The van der Waals surface area contributed by atoms with Crippen LogP contribution in [0.3, 0.4) is 0 Å². The van der Waals surface area contributed by atoms with Crippen LogP contribution >= 0.6 is 23.2 Å². The number of rotatable bonds is 8. The molecule has 9 nitrogen and oxygen atoms in total. The van der Waals surface area contributed by atoms with E-state index >= 15 is 0 Å². The predicted molar refractivity (Wildman–Crippen MR) is 163 cm³/mol. The molecule has 2 heterocycles. The van der Waals surface area contributed by atoms with Crippen molar-refractivity contribution in [3.8, 4) is 0 Å². The highest BCUT2D eigenvalue weighted by Gasteiger charge is 2.52. The second kappa shape index (κ2) is 12.1. The van der Waals surface area contributed by atoms with Crippen LogP contribution in [0.25, 0.3) is 0 Å². The van der Waals surface area contributed by atoms with Crippen molar-refractivity contribution in [3.63, 3.8) is 0 Å². The Kier molecular flexibility index (Phi) is 8.71. The van der Waals surface area contributed by atoms with Crippen molar-refractivity contribution in [2.45, 2.75) is 84.5 Å². The van der Waals surface area contributed by atoms with Crippen LogP contribution in [0.1, 0.15) is 99.6 Å². The summed E-state index contributed by atoms with van der Waals surface area (Å²) in [5, 5.41) is 17.3. The van der Waals surface area contributed by atoms with Gasteiger partial charge in [0.1, 0.15) is 11.4 Å². The first-order valence-corrected chi connectivity index (χ1v) is 15.3. The van der Waals surface area contributed by atoms with Crippen LogP contribution in [0.2, 0.25) is 10.0 Å². The van der Waals surface area contributed by atoms with E-state index in [1.807, 2.05) is 17.0 Å². The van der Waals surface area contributed by atoms with Gasteiger partial charge in [-0.15, -0.1) is 10.2 Å². The van der Waals surface area contributed by atoms with Gasteiger partial charge in [0.05, 0.1) is 12.6 Å². The standard InChI is InChI=1S/C31H37Cl2N7O2/c1-5-6-25(19-7-9-20(10-8-19)28(41)34-18-26-36-38-39-37-26)40-29(42)27(21-15-23(32)17-24(33)16-21)35-31(40)13-11-22(12-14-31)30(2,3)4/h7-10,15-17,22,25H,5-6,11-14,18H2,1-4H3,(H,34,41)(H,36,37,38,39). The van der Waals surface area contributed by atoms with Gasteiger partial charge in [-0.2, -0.15) is 5.21 Å². The smallest absolute Gasteiger partial charge is 0.275 e. The van der Waals surface area contributed by atoms with Crippen LogP contribution in [0.15, 0.2) is 47.5 Å². The molecule has 0 saturated heterocycles. The lowest BCUT2D eigenvalue weighted by Crippen LogP contribution is -2.51. The van der Waals surface area contributed by atoms with Gasteiger partial charge in [0.15, 0.2) is 5.82 Å². The number of halogens is 2. The first-order valence-electron chi connectivity index (χ1n) is 14.5. The number of H-pyrrole nitrogens is 1. The van der Waals surface area contributed by atoms with E-state index in [0.29, 0.717) is 38.6 Å². The number of aromatic nitrogens is 4. The Hall–Kier alpha value is -3.30. The van der Waals surface area contributed by atoms with Crippen LogP contribution in [-0.4, -0.2) is 48.7 Å². The van der Waals surface area contributed by atoms with E-state index in [0.717, 1.165) is 44.1 Å². The molecule has 3 aromatic rings. The minimum atomic E-state index is -0.649. The average Bonchev–Trinajstić information content (AvgIpc) is 3.56. The van der Waals surface area contributed by atoms with Crippen molar-refractivity contribution in [1.82, 2.24) is 30.8 Å². The summed E-state index contributed by atoms with van der Waals surface area (Å²) in [4.78, 5) is 34.4. The molecule has 1 spiro atoms. The third-order valence-electron chi connectivity index (χ3n) is 8.56. The number of hydrogen-bond donors (Lipinski definition) is 2. The molecule has 1 aliphatic heterocycles. The molecule has 1 fully saturated rings. The van der Waals surface area contributed by atoms with Crippen LogP contribution in [0, 0.1) is 11.3 Å². The number of aliphatic imine (C=N–C) groups is 1. The van der Waals surface area contributed by atoms with Crippen molar-refractivity contribution in [3.05, 3.63) is 75.0 Å². The van der Waals surface area contributed by atoms with Crippen molar-refractivity contribution in [2.75, 3.05) is 0 Å². The third-order valence-corrected chi connectivity index (χ3v) is 9.00. The van der Waals surface area contributed by atoms with E-state index in [9.17, 15) is 9.59 Å². The largest absolute Gasteiger partial charge is 0.345 e. The van der Waals surface area contributed by atoms with Crippen LogP contribution in [0.4, 0.5) is 0 Å². The van der Waals surface area contributed by atoms with Crippen LogP contribution in [0.5, 0.6) is 0 Å². The van der Waals surface area contributed by atoms with Gasteiger partial charge < -0.3 is 10.2 Å². The molecular weight excluding hydrogens is 573 g/mol.